The predicted molar refractivity (Wildman–Crippen MR) is 69.5 cm³/mol. The van der Waals surface area contributed by atoms with Crippen molar-refractivity contribution in [3.63, 3.8) is 0 Å². The van der Waals surface area contributed by atoms with Crippen LogP contribution in [-0.4, -0.2) is 40.0 Å². The Balaban J connectivity index is 2.13. The lowest BCUT2D eigenvalue weighted by Gasteiger charge is -2.11. The standard InChI is InChI=1S/C12H14N2O5S/c1-19-12(16)8-2-4-10(5-3-8)20(17,18)14-9-6-11(15)13-7-9/h2-5,9,14H,6-7H2,1H3,(H,13,15). The van der Waals surface area contributed by atoms with Gasteiger partial charge in [0.15, 0.2) is 0 Å². The van der Waals surface area contributed by atoms with Gasteiger partial charge in [0, 0.05) is 19.0 Å². The van der Waals surface area contributed by atoms with Crippen molar-refractivity contribution in [3.05, 3.63) is 29.8 Å². The average Bonchev–Trinajstić information content (AvgIpc) is 2.82. The molecule has 108 valence electrons. The smallest absolute Gasteiger partial charge is 0.337 e. The van der Waals surface area contributed by atoms with E-state index in [2.05, 4.69) is 14.8 Å². The van der Waals surface area contributed by atoms with Gasteiger partial charge in [-0.2, -0.15) is 0 Å². The Bertz CT molecular complexity index is 624. The third-order valence-electron chi connectivity index (χ3n) is 2.88. The summed E-state index contributed by atoms with van der Waals surface area (Å²) in [7, 11) is -2.46. The molecule has 0 bridgehead atoms. The summed E-state index contributed by atoms with van der Waals surface area (Å²) in [6.45, 7) is 0.276. The Kier molecular flexibility index (Phi) is 4.05. The molecule has 1 saturated heterocycles. The van der Waals surface area contributed by atoms with Crippen LogP contribution >= 0.6 is 0 Å². The Morgan fingerprint density at radius 1 is 1.35 bits per heavy atom. The number of rotatable bonds is 4. The molecule has 2 N–H and O–H groups in total. The van der Waals surface area contributed by atoms with Crippen LogP contribution in [0.25, 0.3) is 0 Å². The number of hydrogen-bond donors (Lipinski definition) is 2. The predicted octanol–water partition coefficient (Wildman–Crippen LogP) is -0.360. The minimum atomic E-state index is -3.71. The molecule has 7 nitrogen and oxygen atoms in total. The Morgan fingerprint density at radius 3 is 2.50 bits per heavy atom. The second kappa shape index (κ2) is 5.59. The molecule has 1 aromatic carbocycles. The lowest BCUT2D eigenvalue weighted by atomic mass is 10.2. The second-order valence-corrected chi connectivity index (χ2v) is 6.06. The van der Waals surface area contributed by atoms with Crippen LogP contribution in [-0.2, 0) is 19.6 Å². The molecule has 0 saturated carbocycles. The lowest BCUT2D eigenvalue weighted by molar-refractivity contribution is -0.119. The number of carbonyl (C=O) groups excluding carboxylic acids is 2. The molecular weight excluding hydrogens is 284 g/mol. The second-order valence-electron chi connectivity index (χ2n) is 4.34. The third-order valence-corrected chi connectivity index (χ3v) is 4.42. The number of methoxy groups -OCH3 is 1. The summed E-state index contributed by atoms with van der Waals surface area (Å²) in [6.07, 6.45) is 0.124. The summed E-state index contributed by atoms with van der Waals surface area (Å²) >= 11 is 0. The van der Waals surface area contributed by atoms with Gasteiger partial charge in [-0.25, -0.2) is 17.9 Å². The van der Waals surface area contributed by atoms with E-state index in [4.69, 9.17) is 0 Å². The van der Waals surface area contributed by atoms with Crippen LogP contribution in [0.5, 0.6) is 0 Å². The van der Waals surface area contributed by atoms with Crippen LogP contribution in [0.4, 0.5) is 0 Å². The van der Waals surface area contributed by atoms with Crippen molar-refractivity contribution in [3.8, 4) is 0 Å². The van der Waals surface area contributed by atoms with Crippen LogP contribution in [0.15, 0.2) is 29.2 Å². The number of benzene rings is 1. The van der Waals surface area contributed by atoms with Crippen molar-refractivity contribution in [2.45, 2.75) is 17.4 Å². The first-order valence-corrected chi connectivity index (χ1v) is 7.38. The molecule has 20 heavy (non-hydrogen) atoms. The van der Waals surface area contributed by atoms with Crippen molar-refractivity contribution in [1.29, 1.82) is 0 Å². The summed E-state index contributed by atoms with van der Waals surface area (Å²) in [6, 6.07) is 4.93. The minimum absolute atomic E-state index is 0.0319. The highest BCUT2D eigenvalue weighted by Gasteiger charge is 2.26. The fourth-order valence-corrected chi connectivity index (χ4v) is 3.10. The first-order valence-electron chi connectivity index (χ1n) is 5.90. The van der Waals surface area contributed by atoms with E-state index in [1.807, 2.05) is 0 Å². The topological polar surface area (TPSA) is 102 Å². The van der Waals surface area contributed by atoms with E-state index >= 15 is 0 Å². The maximum absolute atomic E-state index is 12.1. The SMILES string of the molecule is COC(=O)c1ccc(S(=O)(=O)NC2CNC(=O)C2)cc1. The fourth-order valence-electron chi connectivity index (χ4n) is 1.86. The summed E-state index contributed by atoms with van der Waals surface area (Å²) in [5, 5.41) is 2.55. The quantitative estimate of drug-likeness (QED) is 0.739. The third kappa shape index (κ3) is 3.14. The highest BCUT2D eigenvalue weighted by Crippen LogP contribution is 2.13. The van der Waals surface area contributed by atoms with Crippen LogP contribution in [0.3, 0.4) is 0 Å². The summed E-state index contributed by atoms with van der Waals surface area (Å²) in [4.78, 5) is 22.3. The van der Waals surface area contributed by atoms with E-state index in [1.165, 1.54) is 31.4 Å². The van der Waals surface area contributed by atoms with E-state index < -0.39 is 22.0 Å². The number of carbonyl (C=O) groups is 2. The van der Waals surface area contributed by atoms with Crippen LogP contribution in [0, 0.1) is 0 Å². The highest BCUT2D eigenvalue weighted by atomic mass is 32.2. The van der Waals surface area contributed by atoms with E-state index in [0.717, 1.165) is 0 Å². The highest BCUT2D eigenvalue weighted by molar-refractivity contribution is 7.89. The molecule has 1 aliphatic heterocycles. The lowest BCUT2D eigenvalue weighted by Crippen LogP contribution is -2.36. The molecule has 1 unspecified atom stereocenters. The first kappa shape index (κ1) is 14.5. The van der Waals surface area contributed by atoms with E-state index in [-0.39, 0.29) is 29.3 Å². The van der Waals surface area contributed by atoms with Gasteiger partial charge in [0.25, 0.3) is 0 Å². The van der Waals surface area contributed by atoms with Gasteiger partial charge in [0.1, 0.15) is 0 Å². The zero-order chi connectivity index (χ0) is 14.8. The maximum atomic E-state index is 12.1. The van der Waals surface area contributed by atoms with Gasteiger partial charge in [0.2, 0.25) is 15.9 Å². The molecular formula is C12H14N2O5S. The minimum Gasteiger partial charge on any atom is -0.465 e. The average molecular weight is 298 g/mol. The van der Waals surface area contributed by atoms with Crippen molar-refractivity contribution >= 4 is 21.9 Å². The molecule has 1 amide bonds. The van der Waals surface area contributed by atoms with Crippen molar-refractivity contribution in [1.82, 2.24) is 10.0 Å². The van der Waals surface area contributed by atoms with Gasteiger partial charge in [-0.05, 0) is 24.3 Å². The molecule has 1 aromatic rings. The molecule has 0 radical (unpaired) electrons. The van der Waals surface area contributed by atoms with Crippen LogP contribution in [0.1, 0.15) is 16.8 Å². The Morgan fingerprint density at radius 2 is 2.00 bits per heavy atom. The molecule has 0 aromatic heterocycles. The number of sulfonamides is 1. The van der Waals surface area contributed by atoms with E-state index in [1.54, 1.807) is 0 Å². The molecule has 0 aliphatic carbocycles. The number of nitrogens with one attached hydrogen (secondary N) is 2. The van der Waals surface area contributed by atoms with E-state index in [0.29, 0.717) is 0 Å². The molecule has 8 heteroatoms. The van der Waals surface area contributed by atoms with Crippen molar-refractivity contribution in [2.24, 2.45) is 0 Å². The van der Waals surface area contributed by atoms with Crippen molar-refractivity contribution in [2.75, 3.05) is 13.7 Å². The van der Waals surface area contributed by atoms with Gasteiger partial charge >= 0.3 is 5.97 Å². The molecule has 0 spiro atoms. The van der Waals surface area contributed by atoms with E-state index in [9.17, 15) is 18.0 Å². The zero-order valence-electron chi connectivity index (χ0n) is 10.8. The van der Waals surface area contributed by atoms with Gasteiger partial charge < -0.3 is 10.1 Å². The molecule has 1 aliphatic rings. The Hall–Kier alpha value is -1.93. The van der Waals surface area contributed by atoms with Crippen LogP contribution < -0.4 is 10.0 Å². The van der Waals surface area contributed by atoms with Gasteiger partial charge in [-0.3, -0.25) is 4.79 Å². The van der Waals surface area contributed by atoms with Crippen molar-refractivity contribution < 1.29 is 22.7 Å². The Labute approximate surface area is 116 Å². The maximum Gasteiger partial charge on any atom is 0.337 e. The molecule has 1 fully saturated rings. The van der Waals surface area contributed by atoms with Gasteiger partial charge in [-0.1, -0.05) is 0 Å². The number of hydrogen-bond acceptors (Lipinski definition) is 5. The van der Waals surface area contributed by atoms with Gasteiger partial charge in [-0.15, -0.1) is 0 Å². The summed E-state index contributed by atoms with van der Waals surface area (Å²) in [5.74, 6) is -0.716. The normalized spacial score (nSPS) is 18.6. The fraction of sp³-hybridized carbons (Fsp3) is 0.333. The summed E-state index contributed by atoms with van der Waals surface area (Å²) < 4.78 is 31.1. The zero-order valence-corrected chi connectivity index (χ0v) is 11.6. The first-order chi connectivity index (χ1) is 9.42. The van der Waals surface area contributed by atoms with Gasteiger partial charge in [0.05, 0.1) is 17.6 Å². The largest absolute Gasteiger partial charge is 0.465 e. The number of ether oxygens (including phenoxy) is 1. The number of amides is 1. The molecule has 1 atom stereocenters. The monoisotopic (exact) mass is 298 g/mol. The summed E-state index contributed by atoms with van der Waals surface area (Å²) in [5.41, 5.74) is 0.268. The molecule has 1 heterocycles. The van der Waals surface area contributed by atoms with Crippen LogP contribution in [0.2, 0.25) is 0 Å². The number of esters is 1. The molecule has 2 rings (SSSR count).